The van der Waals surface area contributed by atoms with Gasteiger partial charge in [0.25, 0.3) is 6.43 Å². The number of nitrogen functional groups attached to an aromatic ring is 1. The van der Waals surface area contributed by atoms with Crippen LogP contribution in [-0.2, 0) is 23.4 Å². The number of nitrogens with one attached hydrogen (secondary N) is 2. The van der Waals surface area contributed by atoms with Gasteiger partial charge in [0.05, 0.1) is 19.5 Å². The van der Waals surface area contributed by atoms with Gasteiger partial charge < -0.3 is 30.2 Å². The molecule has 2 fully saturated rings. The zero-order valence-corrected chi connectivity index (χ0v) is 24.0. The number of carbonyl (C=O) groups excluding carboxylic acids is 1. The Morgan fingerprint density at radius 3 is 2.67 bits per heavy atom. The summed E-state index contributed by atoms with van der Waals surface area (Å²) in [5.41, 5.74) is 2.17. The predicted molar refractivity (Wildman–Crippen MR) is 146 cm³/mol. The zero-order valence-electron chi connectivity index (χ0n) is 23.1. The van der Waals surface area contributed by atoms with Crippen LogP contribution < -0.4 is 20.7 Å². The lowest BCUT2D eigenvalue weighted by atomic mass is 9.96. The number of carbonyl (C=O) groups is 1. The third-order valence-electron chi connectivity index (χ3n) is 6.80. The molecule has 1 saturated heterocycles. The molecule has 1 aliphatic heterocycles. The number of rotatable bonds is 13. The molecule has 0 spiro atoms. The molecule has 1 saturated carbocycles. The molecule has 0 bridgehead atoms. The molecule has 14 nitrogen and oxygen atoms in total. The highest BCUT2D eigenvalue weighted by molar-refractivity contribution is 7.52. The molecule has 3 aromatic rings. The van der Waals surface area contributed by atoms with Crippen molar-refractivity contribution in [2.45, 2.75) is 69.3 Å². The Morgan fingerprint density at radius 1 is 1.30 bits per heavy atom. The number of aromatic nitrogens is 4. The number of halogens is 3. The first-order chi connectivity index (χ1) is 20.4. The first-order valence-electron chi connectivity index (χ1n) is 13.5. The van der Waals surface area contributed by atoms with Crippen molar-refractivity contribution in [1.29, 1.82) is 0 Å². The fourth-order valence-corrected chi connectivity index (χ4v) is 5.99. The van der Waals surface area contributed by atoms with Gasteiger partial charge in [0.1, 0.15) is 24.0 Å². The number of para-hydroxylation sites is 1. The second-order valence-corrected chi connectivity index (χ2v) is 11.8. The number of alkyl halides is 3. The summed E-state index contributed by atoms with van der Waals surface area (Å²) in [6, 6.07) is 6.68. The molecule has 0 radical (unpaired) electrons. The summed E-state index contributed by atoms with van der Waals surface area (Å²) in [6.07, 6.45) is -7.34. The highest BCUT2D eigenvalue weighted by Gasteiger charge is 2.64. The number of esters is 1. The van der Waals surface area contributed by atoms with Crippen LogP contribution in [0.2, 0.25) is 0 Å². The van der Waals surface area contributed by atoms with E-state index in [9.17, 15) is 23.2 Å². The lowest BCUT2D eigenvalue weighted by Gasteiger charge is -2.28. The van der Waals surface area contributed by atoms with E-state index >= 15 is 4.39 Å². The molecule has 43 heavy (non-hydrogen) atoms. The van der Waals surface area contributed by atoms with E-state index < -0.39 is 56.9 Å². The quantitative estimate of drug-likeness (QED) is 0.160. The molecule has 0 amide bonds. The Kier molecular flexibility index (Phi) is 8.81. The van der Waals surface area contributed by atoms with E-state index in [1.54, 1.807) is 25.1 Å². The largest absolute Gasteiger partial charge is 0.465 e. The van der Waals surface area contributed by atoms with Crippen LogP contribution in [-0.4, -0.2) is 80.2 Å². The standard InChI is InChI=1S/C25H31F3N7O7P/c1-3-39-21(37)13(2)34-43(38,42-15-7-5-4-6-8-15)40-11-16-18(36)25(28,22(26)27)23(41-16)35-12-30-17-19(31-14-9-10-14)32-24(29)33-20(17)35/h4-8,12-14,16,18,22-23,36H,3,9-11H2,1-2H3,(H,34,38)(H3,29,31,32,33)/t13-,16-,18-,23-,25+,43+/m1/s1. The third-order valence-corrected chi connectivity index (χ3v) is 8.44. The maximum Gasteiger partial charge on any atom is 0.459 e. The maximum absolute atomic E-state index is 16.1. The van der Waals surface area contributed by atoms with E-state index in [0.717, 1.165) is 23.7 Å². The fraction of sp³-hybridized carbons (Fsp3) is 0.520. The highest BCUT2D eigenvalue weighted by atomic mass is 31.2. The Morgan fingerprint density at radius 2 is 2.02 bits per heavy atom. The van der Waals surface area contributed by atoms with Crippen molar-refractivity contribution in [2.24, 2.45) is 0 Å². The van der Waals surface area contributed by atoms with Crippen molar-refractivity contribution >= 4 is 36.6 Å². The van der Waals surface area contributed by atoms with E-state index in [2.05, 4.69) is 25.4 Å². The summed E-state index contributed by atoms with van der Waals surface area (Å²) < 4.78 is 80.8. The van der Waals surface area contributed by atoms with Gasteiger partial charge in [-0.3, -0.25) is 13.9 Å². The number of anilines is 2. The van der Waals surface area contributed by atoms with Crippen molar-refractivity contribution in [3.05, 3.63) is 36.7 Å². The summed E-state index contributed by atoms with van der Waals surface area (Å²) in [5.74, 6) is -0.683. The number of aliphatic hydroxyl groups is 1. The molecule has 5 rings (SSSR count). The summed E-state index contributed by atoms with van der Waals surface area (Å²) in [7, 11) is -4.48. The van der Waals surface area contributed by atoms with Gasteiger partial charge >= 0.3 is 13.7 Å². The first-order valence-corrected chi connectivity index (χ1v) is 15.0. The van der Waals surface area contributed by atoms with Gasteiger partial charge in [-0.15, -0.1) is 0 Å². The first kappa shape index (κ1) is 30.9. The minimum absolute atomic E-state index is 0.0445. The van der Waals surface area contributed by atoms with Crippen molar-refractivity contribution in [3.8, 4) is 5.75 Å². The monoisotopic (exact) mass is 629 g/mol. The van der Waals surface area contributed by atoms with Crippen LogP contribution in [0.4, 0.5) is 24.9 Å². The smallest absolute Gasteiger partial charge is 0.459 e. The molecule has 2 aromatic heterocycles. The fourth-order valence-electron chi connectivity index (χ4n) is 4.49. The van der Waals surface area contributed by atoms with E-state index in [1.807, 2.05) is 0 Å². The Bertz CT molecular complexity index is 1500. The van der Waals surface area contributed by atoms with Crippen LogP contribution in [0.3, 0.4) is 0 Å². The molecule has 234 valence electrons. The van der Waals surface area contributed by atoms with E-state index in [0.29, 0.717) is 0 Å². The number of aliphatic hydroxyl groups excluding tert-OH is 1. The zero-order chi connectivity index (χ0) is 30.9. The average molecular weight is 630 g/mol. The SMILES string of the molecule is CCOC(=O)[C@@H](C)N[P@](=O)(OC[C@H]1O[C@@H](n2cnc3c(NC4CC4)nc(N)nc32)[C@@](F)(C(F)F)[C@@H]1O)Oc1ccccc1. The number of nitrogens with two attached hydrogens (primary N) is 1. The Labute approximate surface area is 243 Å². The molecule has 18 heteroatoms. The third kappa shape index (κ3) is 6.40. The van der Waals surface area contributed by atoms with Gasteiger partial charge in [-0.05, 0) is 38.8 Å². The van der Waals surface area contributed by atoms with Gasteiger partial charge in [0, 0.05) is 6.04 Å². The van der Waals surface area contributed by atoms with Crippen LogP contribution in [0, 0.1) is 0 Å². The summed E-state index contributed by atoms with van der Waals surface area (Å²) in [5, 5.41) is 16.3. The number of nitrogens with zero attached hydrogens (tertiary/aromatic N) is 4. The molecular formula is C25H31F3N7O7P. The maximum atomic E-state index is 16.1. The van der Waals surface area contributed by atoms with Gasteiger partial charge in [-0.1, -0.05) is 18.2 Å². The van der Waals surface area contributed by atoms with E-state index in [1.165, 1.54) is 19.1 Å². The Hall–Kier alpha value is -3.50. The van der Waals surface area contributed by atoms with Crippen LogP contribution in [0.25, 0.3) is 11.2 Å². The predicted octanol–water partition coefficient (Wildman–Crippen LogP) is 2.96. The molecule has 1 aliphatic carbocycles. The molecular weight excluding hydrogens is 598 g/mol. The minimum Gasteiger partial charge on any atom is -0.465 e. The molecule has 0 unspecified atom stereocenters. The number of hydrogen-bond donors (Lipinski definition) is 4. The lowest BCUT2D eigenvalue weighted by Crippen LogP contribution is -2.49. The normalized spacial score (nSPS) is 25.9. The second-order valence-electron chi connectivity index (χ2n) is 10.1. The summed E-state index contributed by atoms with van der Waals surface area (Å²) in [6.45, 7) is 2.08. The summed E-state index contributed by atoms with van der Waals surface area (Å²) >= 11 is 0. The highest BCUT2D eigenvalue weighted by Crippen LogP contribution is 2.50. The molecule has 2 aliphatic rings. The summed E-state index contributed by atoms with van der Waals surface area (Å²) in [4.78, 5) is 24.5. The number of imidazole rings is 1. The van der Waals surface area contributed by atoms with Gasteiger partial charge in [0.2, 0.25) is 11.6 Å². The van der Waals surface area contributed by atoms with E-state index in [4.69, 9.17) is 24.3 Å². The van der Waals surface area contributed by atoms with Gasteiger partial charge in [-0.25, -0.2) is 22.7 Å². The van der Waals surface area contributed by atoms with Crippen LogP contribution >= 0.6 is 7.75 Å². The Balaban J connectivity index is 1.41. The number of hydrogen-bond acceptors (Lipinski definition) is 12. The van der Waals surface area contributed by atoms with Crippen LogP contribution in [0.5, 0.6) is 5.75 Å². The molecule has 6 atom stereocenters. The topological polar surface area (TPSA) is 185 Å². The number of benzene rings is 1. The minimum atomic E-state index is -4.48. The number of fused-ring (bicyclic) bond motifs is 1. The van der Waals surface area contributed by atoms with Gasteiger partial charge in [-0.2, -0.15) is 15.1 Å². The molecule has 5 N–H and O–H groups in total. The van der Waals surface area contributed by atoms with Crippen LogP contribution in [0.15, 0.2) is 36.7 Å². The number of ether oxygens (including phenoxy) is 2. The molecule has 1 aromatic carbocycles. The van der Waals surface area contributed by atoms with Crippen molar-refractivity contribution in [3.63, 3.8) is 0 Å². The lowest BCUT2D eigenvalue weighted by molar-refractivity contribution is -0.144. The van der Waals surface area contributed by atoms with Crippen LogP contribution in [0.1, 0.15) is 32.9 Å². The van der Waals surface area contributed by atoms with Crippen molar-refractivity contribution < 1.29 is 46.2 Å². The van der Waals surface area contributed by atoms with Gasteiger partial charge in [0.15, 0.2) is 23.2 Å². The van der Waals surface area contributed by atoms with E-state index in [-0.39, 0.29) is 41.3 Å². The van der Waals surface area contributed by atoms with Crippen molar-refractivity contribution in [2.75, 3.05) is 24.3 Å². The molecule has 3 heterocycles. The van der Waals surface area contributed by atoms with Crippen molar-refractivity contribution in [1.82, 2.24) is 24.6 Å². The average Bonchev–Trinajstić information content (AvgIpc) is 3.62. The second kappa shape index (κ2) is 12.2.